The number of fused-ring (bicyclic) bond motifs is 2. The molecule has 0 fully saturated rings. The van der Waals surface area contributed by atoms with Gasteiger partial charge in [0.25, 0.3) is 0 Å². The zero-order chi connectivity index (χ0) is 26.2. The first-order valence-electron chi connectivity index (χ1n) is 13.5. The van der Waals surface area contributed by atoms with Crippen LogP contribution in [0.15, 0.2) is 42.6 Å². The van der Waals surface area contributed by atoms with E-state index in [4.69, 9.17) is 9.72 Å². The average molecular weight is 508 g/mol. The summed E-state index contributed by atoms with van der Waals surface area (Å²) in [4.78, 5) is 19.3. The maximum Gasteiger partial charge on any atom is 0.326 e. The lowest BCUT2D eigenvalue weighted by Gasteiger charge is -2.27. The molecule has 3 N–H and O–H groups in total. The van der Waals surface area contributed by atoms with Crippen molar-refractivity contribution >= 4 is 28.4 Å². The van der Waals surface area contributed by atoms with Crippen LogP contribution in [0.5, 0.6) is 0 Å². The van der Waals surface area contributed by atoms with Gasteiger partial charge in [0.1, 0.15) is 11.9 Å². The van der Waals surface area contributed by atoms with Gasteiger partial charge in [0.2, 0.25) is 0 Å². The number of unbranched alkanes of at least 4 members (excludes halogenated alkanes) is 1. The molecule has 8 nitrogen and oxygen atoms in total. The number of carboxylic acid groups (broad SMARTS) is 1. The number of carbonyl (C=O) groups is 1. The zero-order valence-electron chi connectivity index (χ0n) is 22.4. The minimum absolute atomic E-state index is 0.0858. The molecular weight excluding hydrogens is 466 g/mol. The summed E-state index contributed by atoms with van der Waals surface area (Å²) < 4.78 is 7.54. The highest BCUT2D eigenvalue weighted by molar-refractivity contribution is 5.94. The summed E-state index contributed by atoms with van der Waals surface area (Å²) in [6, 6.07) is 11.7. The average Bonchev–Trinajstić information content (AvgIpc) is 3.23. The molecule has 0 bridgehead atoms. The van der Waals surface area contributed by atoms with E-state index in [-0.39, 0.29) is 6.10 Å². The minimum Gasteiger partial charge on any atom is -0.480 e. The molecule has 0 saturated heterocycles. The highest BCUT2D eigenvalue weighted by atomic mass is 16.5. The van der Waals surface area contributed by atoms with Gasteiger partial charge in [-0.3, -0.25) is 0 Å². The predicted molar refractivity (Wildman–Crippen MR) is 149 cm³/mol. The summed E-state index contributed by atoms with van der Waals surface area (Å²) >= 11 is 0. The Bertz CT molecular complexity index is 1180. The number of pyridine rings is 1. The number of anilines is 2. The maximum atomic E-state index is 12.1. The second kappa shape index (κ2) is 12.9. The molecule has 4 rings (SSSR count). The molecule has 8 heteroatoms. The Morgan fingerprint density at radius 2 is 2.08 bits per heavy atom. The Hall–Kier alpha value is -3.10. The smallest absolute Gasteiger partial charge is 0.326 e. The number of benzene rings is 1. The third-order valence-electron chi connectivity index (χ3n) is 7.29. The first-order valence-corrected chi connectivity index (χ1v) is 13.5. The number of aryl methyl sites for hydroxylation is 3. The highest BCUT2D eigenvalue weighted by Crippen LogP contribution is 2.26. The van der Waals surface area contributed by atoms with Crippen molar-refractivity contribution in [2.45, 2.75) is 57.6 Å². The predicted octanol–water partition coefficient (Wildman–Crippen LogP) is 4.55. The van der Waals surface area contributed by atoms with E-state index < -0.39 is 12.0 Å². The monoisotopic (exact) mass is 507 g/mol. The molecule has 2 atom stereocenters. The van der Waals surface area contributed by atoms with Crippen LogP contribution in [0.1, 0.15) is 43.9 Å². The van der Waals surface area contributed by atoms with Gasteiger partial charge in [0.05, 0.1) is 11.8 Å². The van der Waals surface area contributed by atoms with Crippen LogP contribution in [-0.2, 0) is 29.4 Å². The first-order chi connectivity index (χ1) is 17.9. The van der Waals surface area contributed by atoms with Gasteiger partial charge < -0.3 is 29.9 Å². The van der Waals surface area contributed by atoms with Crippen LogP contribution in [-0.4, -0.2) is 71.0 Å². The fourth-order valence-corrected chi connectivity index (χ4v) is 5.10. The van der Waals surface area contributed by atoms with Gasteiger partial charge in [-0.1, -0.05) is 24.3 Å². The van der Waals surface area contributed by atoms with E-state index in [0.717, 1.165) is 73.4 Å². The van der Waals surface area contributed by atoms with Gasteiger partial charge in [-0.25, -0.2) is 9.78 Å². The lowest BCUT2D eigenvalue weighted by molar-refractivity contribution is -0.138. The van der Waals surface area contributed by atoms with Gasteiger partial charge in [-0.15, -0.1) is 0 Å². The summed E-state index contributed by atoms with van der Waals surface area (Å²) in [7, 11) is 3.70. The molecule has 0 radical (unpaired) electrons. The molecule has 200 valence electrons. The summed E-state index contributed by atoms with van der Waals surface area (Å²) in [5, 5.41) is 17.7. The van der Waals surface area contributed by atoms with E-state index in [1.165, 1.54) is 12.0 Å². The quantitative estimate of drug-likeness (QED) is 0.276. The third-order valence-corrected chi connectivity index (χ3v) is 7.29. The van der Waals surface area contributed by atoms with E-state index in [1.54, 1.807) is 7.11 Å². The van der Waals surface area contributed by atoms with Gasteiger partial charge >= 0.3 is 5.97 Å². The van der Waals surface area contributed by atoms with Crippen LogP contribution in [0.25, 0.3) is 10.9 Å². The highest BCUT2D eigenvalue weighted by Gasteiger charge is 2.21. The summed E-state index contributed by atoms with van der Waals surface area (Å²) in [6.45, 7) is 5.42. The number of hydrogen-bond donors (Lipinski definition) is 3. The van der Waals surface area contributed by atoms with Crippen molar-refractivity contribution in [3.8, 4) is 0 Å². The second-order valence-corrected chi connectivity index (χ2v) is 10.1. The van der Waals surface area contributed by atoms with Crippen molar-refractivity contribution < 1.29 is 14.6 Å². The Balaban J connectivity index is 1.32. The molecule has 0 amide bonds. The van der Waals surface area contributed by atoms with Crippen LogP contribution < -0.4 is 10.6 Å². The van der Waals surface area contributed by atoms with Crippen molar-refractivity contribution in [2.75, 3.05) is 43.9 Å². The van der Waals surface area contributed by atoms with Crippen LogP contribution >= 0.6 is 0 Å². The Kier molecular flexibility index (Phi) is 9.41. The Morgan fingerprint density at radius 1 is 1.24 bits per heavy atom. The number of ether oxygens (including phenoxy) is 1. The van der Waals surface area contributed by atoms with Crippen LogP contribution in [0, 0.1) is 0 Å². The number of rotatable bonds is 14. The number of aromatic nitrogens is 2. The number of hydrogen-bond acceptors (Lipinski definition) is 6. The largest absolute Gasteiger partial charge is 0.480 e. The van der Waals surface area contributed by atoms with Crippen molar-refractivity contribution in [3.05, 3.63) is 53.9 Å². The normalized spacial score (nSPS) is 14.8. The fraction of sp³-hybridized carbons (Fsp3) is 0.517. The van der Waals surface area contributed by atoms with Crippen LogP contribution in [0.3, 0.4) is 0 Å². The van der Waals surface area contributed by atoms with E-state index in [1.807, 2.05) is 42.1 Å². The van der Waals surface area contributed by atoms with Crippen molar-refractivity contribution in [3.63, 3.8) is 0 Å². The first kappa shape index (κ1) is 26.9. The molecule has 1 aliphatic heterocycles. The number of carboxylic acids is 1. The van der Waals surface area contributed by atoms with Gasteiger partial charge in [-0.05, 0) is 69.7 Å². The SMILES string of the molecule is CO[C@H](C)CN(CCCCc1ccc2c(n1)NCCC2)CC[C@H](Nc1cn(C)c2ccccc12)C(=O)O. The summed E-state index contributed by atoms with van der Waals surface area (Å²) in [6.07, 6.45) is 7.85. The molecule has 3 heterocycles. The topological polar surface area (TPSA) is 91.7 Å². The number of para-hydroxylation sites is 1. The third kappa shape index (κ3) is 7.23. The zero-order valence-corrected chi connectivity index (χ0v) is 22.4. The second-order valence-electron chi connectivity index (χ2n) is 10.1. The number of aliphatic carboxylic acids is 1. The Labute approximate surface area is 220 Å². The molecule has 2 aromatic heterocycles. The van der Waals surface area contributed by atoms with Gasteiger partial charge in [0.15, 0.2) is 0 Å². The lowest BCUT2D eigenvalue weighted by Crippen LogP contribution is -2.38. The molecule has 1 aromatic carbocycles. The fourth-order valence-electron chi connectivity index (χ4n) is 5.10. The Morgan fingerprint density at radius 3 is 2.89 bits per heavy atom. The van der Waals surface area contributed by atoms with Gasteiger partial charge in [-0.2, -0.15) is 0 Å². The molecule has 37 heavy (non-hydrogen) atoms. The number of methoxy groups -OCH3 is 1. The van der Waals surface area contributed by atoms with E-state index in [2.05, 4.69) is 34.6 Å². The molecule has 0 aliphatic carbocycles. The van der Waals surface area contributed by atoms with E-state index in [9.17, 15) is 9.90 Å². The van der Waals surface area contributed by atoms with Crippen LogP contribution in [0.4, 0.5) is 11.5 Å². The van der Waals surface area contributed by atoms with Crippen molar-refractivity contribution in [2.24, 2.45) is 7.05 Å². The van der Waals surface area contributed by atoms with Crippen LogP contribution in [0.2, 0.25) is 0 Å². The van der Waals surface area contributed by atoms with Gasteiger partial charge in [0, 0.05) is 56.6 Å². The minimum atomic E-state index is -0.834. The maximum absolute atomic E-state index is 12.1. The number of nitrogens with zero attached hydrogens (tertiary/aromatic N) is 3. The molecule has 3 aromatic rings. The molecular formula is C29H41N5O3. The van der Waals surface area contributed by atoms with E-state index >= 15 is 0 Å². The summed E-state index contributed by atoms with van der Waals surface area (Å²) in [5.41, 5.74) is 4.39. The van der Waals surface area contributed by atoms with Crippen molar-refractivity contribution in [1.82, 2.24) is 14.5 Å². The molecule has 0 unspecified atom stereocenters. The van der Waals surface area contributed by atoms with E-state index in [0.29, 0.717) is 13.0 Å². The van der Waals surface area contributed by atoms with Crippen molar-refractivity contribution in [1.29, 1.82) is 0 Å². The lowest BCUT2D eigenvalue weighted by atomic mass is 10.1. The summed E-state index contributed by atoms with van der Waals surface area (Å²) in [5.74, 6) is 0.220. The standard InChI is InChI=1S/C29H41N5O3/c1-21(37-3)19-34(17-7-6-10-23-14-13-22-9-8-16-30-28(22)31-23)18-15-25(29(35)36)32-26-20-33(2)27-12-5-4-11-24(26)27/h4-5,11-14,20-21,25,32H,6-10,15-19H2,1-3H3,(H,30,31)(H,35,36)/t21-,25+/m1/s1. The molecule has 0 spiro atoms. The number of nitrogens with one attached hydrogen (secondary N) is 2. The molecule has 0 saturated carbocycles. The molecule has 1 aliphatic rings.